The molecule has 4 nitrogen and oxygen atoms in total. The third-order valence-electron chi connectivity index (χ3n) is 2.47. The van der Waals surface area contributed by atoms with Gasteiger partial charge in [-0.1, -0.05) is 39.3 Å². The lowest BCUT2D eigenvalue weighted by Crippen LogP contribution is -2.31. The number of carbonyl (C=O) groups excluding carboxylic acids is 1. The number of halogens is 1. The van der Waals surface area contributed by atoms with Gasteiger partial charge in [0, 0.05) is 19.5 Å². The van der Waals surface area contributed by atoms with Crippen molar-refractivity contribution < 1.29 is 4.79 Å². The molecule has 0 spiro atoms. The molecule has 0 atom stereocenters. The van der Waals surface area contributed by atoms with E-state index in [1.807, 2.05) is 13.8 Å². The van der Waals surface area contributed by atoms with Gasteiger partial charge < -0.3 is 4.90 Å². The minimum Gasteiger partial charge on any atom is -0.340 e. The average Bonchev–Trinajstić information content (AvgIpc) is 2.27. The molecule has 1 rings (SSSR count). The Morgan fingerprint density at radius 3 is 2.50 bits per heavy atom. The number of rotatable bonds is 4. The molecular formula is C13H20ClN3O. The maximum absolute atomic E-state index is 12.2. The summed E-state index contributed by atoms with van der Waals surface area (Å²) in [7, 11) is 1.76. The van der Waals surface area contributed by atoms with Crippen LogP contribution in [0.3, 0.4) is 0 Å². The van der Waals surface area contributed by atoms with Gasteiger partial charge >= 0.3 is 0 Å². The third-order valence-corrected chi connectivity index (χ3v) is 2.74. The van der Waals surface area contributed by atoms with Crippen molar-refractivity contribution in [1.82, 2.24) is 14.9 Å². The number of hydrogen-bond donors (Lipinski definition) is 0. The van der Waals surface area contributed by atoms with E-state index in [1.165, 1.54) is 6.20 Å². The molecule has 0 fully saturated rings. The van der Waals surface area contributed by atoms with Gasteiger partial charge in [-0.2, -0.15) is 0 Å². The molecule has 0 radical (unpaired) electrons. The predicted molar refractivity (Wildman–Crippen MR) is 72.9 cm³/mol. The molecule has 0 bridgehead atoms. The fraction of sp³-hybridized carbons (Fsp3) is 0.615. The second kappa shape index (κ2) is 6.14. The summed E-state index contributed by atoms with van der Waals surface area (Å²) in [5, 5.41) is 0.306. The summed E-state index contributed by atoms with van der Waals surface area (Å²) in [6, 6.07) is 0. The van der Waals surface area contributed by atoms with Gasteiger partial charge in [0.25, 0.3) is 5.91 Å². The molecule has 0 aliphatic carbocycles. The van der Waals surface area contributed by atoms with Crippen LogP contribution in [0.5, 0.6) is 0 Å². The van der Waals surface area contributed by atoms with Crippen LogP contribution in [-0.4, -0.2) is 34.4 Å². The average molecular weight is 270 g/mol. The molecule has 18 heavy (non-hydrogen) atoms. The summed E-state index contributed by atoms with van der Waals surface area (Å²) in [5.74, 6) is 1.06. The highest BCUT2D eigenvalue weighted by Gasteiger charge is 2.19. The summed E-state index contributed by atoms with van der Waals surface area (Å²) in [5.41, 5.74) is 0.290. The fourth-order valence-corrected chi connectivity index (χ4v) is 1.79. The van der Waals surface area contributed by atoms with Crippen molar-refractivity contribution in [3.8, 4) is 0 Å². The maximum Gasteiger partial charge on any atom is 0.273 e. The van der Waals surface area contributed by atoms with Crippen molar-refractivity contribution >= 4 is 17.5 Å². The largest absolute Gasteiger partial charge is 0.340 e. The van der Waals surface area contributed by atoms with Crippen molar-refractivity contribution in [1.29, 1.82) is 0 Å². The van der Waals surface area contributed by atoms with Gasteiger partial charge in [-0.3, -0.25) is 4.79 Å². The standard InChI is InChI=1S/C13H20ClN3O/c1-8(2)7-17(5)13(18)11-10(14)6-15-12(16-11)9(3)4/h6,8-9H,7H2,1-5H3. The van der Waals surface area contributed by atoms with Gasteiger partial charge in [0.15, 0.2) is 5.69 Å². The number of carbonyl (C=O) groups is 1. The Morgan fingerprint density at radius 2 is 2.00 bits per heavy atom. The van der Waals surface area contributed by atoms with Crippen molar-refractivity contribution in [2.24, 2.45) is 5.92 Å². The molecule has 1 aromatic heterocycles. The van der Waals surface area contributed by atoms with E-state index < -0.39 is 0 Å². The molecule has 5 heteroatoms. The van der Waals surface area contributed by atoms with Crippen LogP contribution < -0.4 is 0 Å². The first-order valence-electron chi connectivity index (χ1n) is 6.10. The van der Waals surface area contributed by atoms with E-state index >= 15 is 0 Å². The Kier molecular flexibility index (Phi) is 5.08. The molecule has 0 saturated carbocycles. The van der Waals surface area contributed by atoms with Crippen LogP contribution >= 0.6 is 11.6 Å². The van der Waals surface area contributed by atoms with Crippen LogP contribution in [0.15, 0.2) is 6.20 Å². The summed E-state index contributed by atoms with van der Waals surface area (Å²) in [4.78, 5) is 22.3. The fourth-order valence-electron chi connectivity index (χ4n) is 1.62. The van der Waals surface area contributed by atoms with Crippen molar-refractivity contribution in [2.45, 2.75) is 33.6 Å². The number of nitrogens with zero attached hydrogens (tertiary/aromatic N) is 3. The van der Waals surface area contributed by atoms with Crippen LogP contribution in [0.1, 0.15) is 49.9 Å². The van der Waals surface area contributed by atoms with Crippen molar-refractivity contribution in [3.05, 3.63) is 22.7 Å². The van der Waals surface area contributed by atoms with E-state index in [2.05, 4.69) is 23.8 Å². The lowest BCUT2D eigenvalue weighted by atomic mass is 10.2. The first-order chi connectivity index (χ1) is 8.32. The highest BCUT2D eigenvalue weighted by Crippen LogP contribution is 2.18. The molecule has 1 heterocycles. The van der Waals surface area contributed by atoms with Gasteiger partial charge in [0.2, 0.25) is 0 Å². The van der Waals surface area contributed by atoms with Gasteiger partial charge in [-0.05, 0) is 5.92 Å². The summed E-state index contributed by atoms with van der Waals surface area (Å²) in [6.07, 6.45) is 1.50. The lowest BCUT2D eigenvalue weighted by Gasteiger charge is -2.19. The zero-order chi connectivity index (χ0) is 13.9. The topological polar surface area (TPSA) is 46.1 Å². The number of hydrogen-bond acceptors (Lipinski definition) is 3. The molecule has 0 aliphatic rings. The normalized spacial score (nSPS) is 11.1. The molecule has 0 aromatic carbocycles. The highest BCUT2D eigenvalue weighted by atomic mass is 35.5. The Bertz CT molecular complexity index is 432. The molecule has 1 aromatic rings. The second-order valence-corrected chi connectivity index (χ2v) is 5.57. The summed E-state index contributed by atoms with van der Waals surface area (Å²) in [6.45, 7) is 8.76. The van der Waals surface area contributed by atoms with Gasteiger partial charge in [0.05, 0.1) is 11.2 Å². The molecular weight excluding hydrogens is 250 g/mol. The summed E-state index contributed by atoms with van der Waals surface area (Å²) >= 11 is 6.00. The molecule has 0 N–H and O–H groups in total. The van der Waals surface area contributed by atoms with Gasteiger partial charge in [-0.25, -0.2) is 9.97 Å². The molecule has 0 unspecified atom stereocenters. The molecule has 0 aliphatic heterocycles. The zero-order valence-corrected chi connectivity index (χ0v) is 12.3. The molecule has 0 saturated heterocycles. The third kappa shape index (κ3) is 3.67. The SMILES string of the molecule is CC(C)CN(C)C(=O)c1nc(C(C)C)ncc1Cl. The zero-order valence-electron chi connectivity index (χ0n) is 11.6. The smallest absolute Gasteiger partial charge is 0.273 e. The van der Waals surface area contributed by atoms with Gasteiger partial charge in [-0.15, -0.1) is 0 Å². The van der Waals surface area contributed by atoms with Crippen LogP contribution in [0.2, 0.25) is 5.02 Å². The number of amides is 1. The van der Waals surface area contributed by atoms with E-state index in [9.17, 15) is 4.79 Å². The van der Waals surface area contributed by atoms with E-state index in [-0.39, 0.29) is 11.8 Å². The number of aromatic nitrogens is 2. The van der Waals surface area contributed by atoms with E-state index in [0.29, 0.717) is 29.0 Å². The predicted octanol–water partition coefficient (Wildman–Crippen LogP) is 2.98. The van der Waals surface area contributed by atoms with Crippen molar-refractivity contribution in [2.75, 3.05) is 13.6 Å². The Labute approximate surface area is 113 Å². The Balaban J connectivity index is 3.00. The second-order valence-electron chi connectivity index (χ2n) is 5.16. The first kappa shape index (κ1) is 14.9. The van der Waals surface area contributed by atoms with Crippen LogP contribution in [0, 0.1) is 5.92 Å². The van der Waals surface area contributed by atoms with Crippen LogP contribution in [-0.2, 0) is 0 Å². The monoisotopic (exact) mass is 269 g/mol. The molecule has 1 amide bonds. The molecule has 100 valence electrons. The van der Waals surface area contributed by atoms with E-state index in [4.69, 9.17) is 11.6 Å². The minimum atomic E-state index is -0.155. The van der Waals surface area contributed by atoms with Crippen molar-refractivity contribution in [3.63, 3.8) is 0 Å². The van der Waals surface area contributed by atoms with Crippen LogP contribution in [0.4, 0.5) is 0 Å². The lowest BCUT2D eigenvalue weighted by molar-refractivity contribution is 0.0773. The Morgan fingerprint density at radius 1 is 1.39 bits per heavy atom. The minimum absolute atomic E-state index is 0.155. The first-order valence-corrected chi connectivity index (χ1v) is 6.48. The van der Waals surface area contributed by atoms with E-state index in [0.717, 1.165) is 0 Å². The highest BCUT2D eigenvalue weighted by molar-refractivity contribution is 6.33. The van der Waals surface area contributed by atoms with E-state index in [1.54, 1.807) is 11.9 Å². The quantitative estimate of drug-likeness (QED) is 0.844. The van der Waals surface area contributed by atoms with Gasteiger partial charge in [0.1, 0.15) is 5.82 Å². The van der Waals surface area contributed by atoms with Crippen LogP contribution in [0.25, 0.3) is 0 Å². The Hall–Kier alpha value is -1.16. The summed E-state index contributed by atoms with van der Waals surface area (Å²) < 4.78 is 0. The maximum atomic E-state index is 12.2.